The second-order valence-electron chi connectivity index (χ2n) is 13.7. The summed E-state index contributed by atoms with van der Waals surface area (Å²) in [6.07, 6.45) is 0. The molecule has 0 amide bonds. The first-order valence-electron chi connectivity index (χ1n) is 13.9. The van der Waals surface area contributed by atoms with E-state index >= 15 is 0 Å². The highest BCUT2D eigenvalue weighted by atomic mass is 31.2. The van der Waals surface area contributed by atoms with Crippen LogP contribution < -0.4 is 14.4 Å². The first-order chi connectivity index (χ1) is 18.2. The van der Waals surface area contributed by atoms with Gasteiger partial charge in [-0.05, 0) is 45.1 Å². The fourth-order valence-electron chi connectivity index (χ4n) is 5.13. The number of para-hydroxylation sites is 1. The van der Waals surface area contributed by atoms with Crippen LogP contribution in [0.2, 0.25) is 0 Å². The predicted molar refractivity (Wildman–Crippen MR) is 168 cm³/mol. The lowest BCUT2D eigenvalue weighted by atomic mass is 9.78. The van der Waals surface area contributed by atoms with E-state index in [-0.39, 0.29) is 16.2 Å². The Morgan fingerprint density at radius 3 is 1.82 bits per heavy atom. The zero-order valence-electron chi connectivity index (χ0n) is 24.8. The van der Waals surface area contributed by atoms with E-state index in [4.69, 9.17) is 9.05 Å². The van der Waals surface area contributed by atoms with Crippen LogP contribution in [0.4, 0.5) is 0 Å². The highest BCUT2D eigenvalue weighted by Gasteiger charge is 2.35. The first-order valence-corrected chi connectivity index (χ1v) is 15.1. The third kappa shape index (κ3) is 5.37. The van der Waals surface area contributed by atoms with Gasteiger partial charge >= 0.3 is 8.38 Å². The standard InChI is InChI=1S/C36H41O2P/c1-34(2,3)25-22-28(24-16-11-10-12-17-24)33(30(23-25)36(7,8)9)38-39-31-21-14-13-18-26(31)27-19-15-20-29(32(27)37-39)35(4,5)6/h10-23H,1-9H3. The quantitative estimate of drug-likeness (QED) is 0.243. The number of hydrogen-bond acceptors (Lipinski definition) is 2. The summed E-state index contributed by atoms with van der Waals surface area (Å²) in [6, 6.07) is 30.4. The van der Waals surface area contributed by atoms with E-state index in [0.29, 0.717) is 0 Å². The average molecular weight is 537 g/mol. The van der Waals surface area contributed by atoms with Crippen LogP contribution in [0, 0.1) is 0 Å². The smallest absolute Gasteiger partial charge is 0.326 e. The molecule has 0 saturated carbocycles. The second kappa shape index (κ2) is 9.83. The van der Waals surface area contributed by atoms with Crippen molar-refractivity contribution in [2.24, 2.45) is 0 Å². The minimum atomic E-state index is -1.42. The Labute approximate surface area is 236 Å². The van der Waals surface area contributed by atoms with Crippen molar-refractivity contribution in [3.05, 3.63) is 102 Å². The summed E-state index contributed by atoms with van der Waals surface area (Å²) < 4.78 is 14.1. The van der Waals surface area contributed by atoms with Crippen LogP contribution in [-0.2, 0) is 16.2 Å². The number of fused-ring (bicyclic) bond motifs is 3. The van der Waals surface area contributed by atoms with Crippen LogP contribution >= 0.6 is 8.38 Å². The molecule has 5 rings (SSSR count). The van der Waals surface area contributed by atoms with E-state index in [0.717, 1.165) is 33.5 Å². The first kappa shape index (κ1) is 27.5. The third-order valence-electron chi connectivity index (χ3n) is 7.41. The maximum Gasteiger partial charge on any atom is 0.326 e. The third-order valence-corrected chi connectivity index (χ3v) is 8.89. The SMILES string of the molecule is CC(C)(C)c1cc(-c2ccccc2)c(OP2Oc3c(cccc3C(C)(C)C)-c3ccccc32)c(C(C)(C)C)c1. The summed E-state index contributed by atoms with van der Waals surface area (Å²) in [5.41, 5.74) is 8.13. The van der Waals surface area contributed by atoms with Gasteiger partial charge in [-0.1, -0.05) is 135 Å². The zero-order valence-corrected chi connectivity index (χ0v) is 25.7. The molecular weight excluding hydrogens is 495 g/mol. The van der Waals surface area contributed by atoms with Crippen molar-refractivity contribution < 1.29 is 9.05 Å². The monoisotopic (exact) mass is 536 g/mol. The molecule has 3 heteroatoms. The molecule has 4 aromatic carbocycles. The van der Waals surface area contributed by atoms with Gasteiger partial charge in [0.25, 0.3) is 0 Å². The molecule has 0 bridgehead atoms. The van der Waals surface area contributed by atoms with Crippen LogP contribution in [0.3, 0.4) is 0 Å². The van der Waals surface area contributed by atoms with Crippen molar-refractivity contribution in [1.29, 1.82) is 0 Å². The molecule has 202 valence electrons. The summed E-state index contributed by atoms with van der Waals surface area (Å²) in [5.74, 6) is 1.86. The molecule has 39 heavy (non-hydrogen) atoms. The molecule has 2 nitrogen and oxygen atoms in total. The fraction of sp³-hybridized carbons (Fsp3) is 0.333. The van der Waals surface area contributed by atoms with Crippen LogP contribution in [0.25, 0.3) is 22.3 Å². The lowest BCUT2D eigenvalue weighted by Gasteiger charge is -2.34. The van der Waals surface area contributed by atoms with Gasteiger partial charge in [0.1, 0.15) is 11.5 Å². The van der Waals surface area contributed by atoms with E-state index in [1.807, 2.05) is 0 Å². The minimum absolute atomic E-state index is 0.00187. The van der Waals surface area contributed by atoms with Crippen LogP contribution in [0.5, 0.6) is 11.5 Å². The fourth-order valence-corrected chi connectivity index (χ4v) is 6.69. The predicted octanol–water partition coefficient (Wildman–Crippen LogP) is 10.3. The van der Waals surface area contributed by atoms with Crippen molar-refractivity contribution in [1.82, 2.24) is 0 Å². The van der Waals surface area contributed by atoms with Crippen molar-refractivity contribution in [2.75, 3.05) is 0 Å². The van der Waals surface area contributed by atoms with E-state index in [1.165, 1.54) is 22.3 Å². The van der Waals surface area contributed by atoms with Gasteiger partial charge < -0.3 is 9.05 Å². The molecule has 1 aliphatic rings. The molecule has 1 aliphatic heterocycles. The molecule has 0 saturated heterocycles. The molecule has 1 unspecified atom stereocenters. The average Bonchev–Trinajstić information content (AvgIpc) is 2.87. The molecule has 0 spiro atoms. The lowest BCUT2D eigenvalue weighted by Crippen LogP contribution is -2.23. The molecular formula is C36H41O2P. The highest BCUT2D eigenvalue weighted by molar-refractivity contribution is 7.57. The maximum absolute atomic E-state index is 7.16. The van der Waals surface area contributed by atoms with Crippen molar-refractivity contribution >= 4 is 13.7 Å². The maximum atomic E-state index is 7.16. The van der Waals surface area contributed by atoms with Crippen molar-refractivity contribution in [3.63, 3.8) is 0 Å². The second-order valence-corrected chi connectivity index (χ2v) is 15.0. The normalized spacial score (nSPS) is 15.3. The van der Waals surface area contributed by atoms with E-state index in [2.05, 4.69) is 147 Å². The van der Waals surface area contributed by atoms with Gasteiger partial charge in [0, 0.05) is 22.3 Å². The van der Waals surface area contributed by atoms with E-state index in [9.17, 15) is 0 Å². The summed E-state index contributed by atoms with van der Waals surface area (Å²) in [7, 11) is -1.42. The molecule has 0 fully saturated rings. The highest BCUT2D eigenvalue weighted by Crippen LogP contribution is 2.55. The van der Waals surface area contributed by atoms with Crippen LogP contribution in [0.1, 0.15) is 79.0 Å². The summed E-state index contributed by atoms with van der Waals surface area (Å²) in [5, 5.41) is 1.12. The molecule has 0 aliphatic carbocycles. The Morgan fingerprint density at radius 1 is 0.564 bits per heavy atom. The summed E-state index contributed by atoms with van der Waals surface area (Å²) in [4.78, 5) is 0. The molecule has 0 radical (unpaired) electrons. The topological polar surface area (TPSA) is 18.5 Å². The Morgan fingerprint density at radius 2 is 1.18 bits per heavy atom. The molecule has 0 N–H and O–H groups in total. The number of benzene rings is 4. The van der Waals surface area contributed by atoms with Gasteiger partial charge in [-0.25, -0.2) is 0 Å². The van der Waals surface area contributed by atoms with Crippen molar-refractivity contribution in [2.45, 2.75) is 78.6 Å². The summed E-state index contributed by atoms with van der Waals surface area (Å²) in [6.45, 7) is 20.4. The van der Waals surface area contributed by atoms with Gasteiger partial charge in [-0.3, -0.25) is 0 Å². The van der Waals surface area contributed by atoms with E-state index in [1.54, 1.807) is 0 Å². The Balaban J connectivity index is 1.74. The van der Waals surface area contributed by atoms with Crippen LogP contribution in [-0.4, -0.2) is 0 Å². The van der Waals surface area contributed by atoms with Gasteiger partial charge in [-0.15, -0.1) is 0 Å². The summed E-state index contributed by atoms with van der Waals surface area (Å²) >= 11 is 0. The molecule has 4 aromatic rings. The van der Waals surface area contributed by atoms with Gasteiger partial charge in [0.15, 0.2) is 0 Å². The molecule has 0 aromatic heterocycles. The van der Waals surface area contributed by atoms with Gasteiger partial charge in [0.05, 0.1) is 5.30 Å². The number of hydrogen-bond donors (Lipinski definition) is 0. The van der Waals surface area contributed by atoms with Gasteiger partial charge in [0.2, 0.25) is 0 Å². The van der Waals surface area contributed by atoms with Gasteiger partial charge in [-0.2, -0.15) is 0 Å². The largest absolute Gasteiger partial charge is 0.434 e. The lowest BCUT2D eigenvalue weighted by molar-refractivity contribution is 0.468. The molecule has 1 atom stereocenters. The number of rotatable bonds is 3. The zero-order chi connectivity index (χ0) is 28.2. The molecule has 1 heterocycles. The van der Waals surface area contributed by atoms with Crippen LogP contribution in [0.15, 0.2) is 84.9 Å². The van der Waals surface area contributed by atoms with E-state index < -0.39 is 8.38 Å². The minimum Gasteiger partial charge on any atom is -0.434 e. The van der Waals surface area contributed by atoms with Crippen molar-refractivity contribution in [3.8, 4) is 33.8 Å². The Bertz CT molecular complexity index is 1500. The Hall–Kier alpha value is -3.09. The Kier molecular flexibility index (Phi) is 6.92.